The number of amides is 2. The number of carbonyl (C=O) groups is 2. The molecule has 3 aromatic heterocycles. The smallest absolute Gasteiger partial charge is 0.263 e. The van der Waals surface area contributed by atoms with E-state index in [0.717, 1.165) is 16.8 Å². The standard InChI is InChI=1S/C23H22ClN7O2/c1-12-10-16(25-21-18(12)26-27-30(21)5)31-19(13-6-8-14(24)9-7-13)20-17(23(31)33)15(11-29(20)4)22(32)28(2)3/h6-11,19H,1-5H3. The molecule has 0 fully saturated rings. The molecule has 0 saturated heterocycles. The van der Waals surface area contributed by atoms with E-state index in [1.807, 2.05) is 36.7 Å². The lowest BCUT2D eigenvalue weighted by Crippen LogP contribution is -2.31. The Morgan fingerprint density at radius 1 is 1.15 bits per heavy atom. The van der Waals surface area contributed by atoms with Crippen molar-refractivity contribution in [1.29, 1.82) is 0 Å². The Kier molecular flexibility index (Phi) is 4.75. The van der Waals surface area contributed by atoms with E-state index in [0.29, 0.717) is 33.1 Å². The Balaban J connectivity index is 1.77. The minimum Gasteiger partial charge on any atom is -0.351 e. The number of pyridine rings is 1. The molecule has 2 amide bonds. The number of nitrogens with zero attached hydrogens (tertiary/aromatic N) is 7. The summed E-state index contributed by atoms with van der Waals surface area (Å²) in [6.07, 6.45) is 1.72. The zero-order valence-electron chi connectivity index (χ0n) is 18.9. The molecule has 4 heterocycles. The van der Waals surface area contributed by atoms with Crippen LogP contribution in [0.2, 0.25) is 5.02 Å². The van der Waals surface area contributed by atoms with Crippen molar-refractivity contribution in [3.8, 4) is 0 Å². The molecule has 168 valence electrons. The first kappa shape index (κ1) is 21.1. The molecular weight excluding hydrogens is 442 g/mol. The Bertz CT molecular complexity index is 1440. The molecule has 33 heavy (non-hydrogen) atoms. The lowest BCUT2D eigenvalue weighted by molar-refractivity contribution is 0.0821. The van der Waals surface area contributed by atoms with Crippen molar-refractivity contribution in [2.24, 2.45) is 14.1 Å². The fourth-order valence-electron chi connectivity index (χ4n) is 4.41. The van der Waals surface area contributed by atoms with Crippen molar-refractivity contribution in [3.05, 3.63) is 69.5 Å². The van der Waals surface area contributed by atoms with Crippen molar-refractivity contribution >= 4 is 40.4 Å². The van der Waals surface area contributed by atoms with Gasteiger partial charge < -0.3 is 9.47 Å². The van der Waals surface area contributed by atoms with Gasteiger partial charge >= 0.3 is 0 Å². The summed E-state index contributed by atoms with van der Waals surface area (Å²) in [5, 5.41) is 8.83. The van der Waals surface area contributed by atoms with Gasteiger partial charge in [-0.05, 0) is 36.2 Å². The number of rotatable bonds is 3. The zero-order chi connectivity index (χ0) is 23.6. The quantitative estimate of drug-likeness (QED) is 0.465. The molecule has 0 radical (unpaired) electrons. The summed E-state index contributed by atoms with van der Waals surface area (Å²) >= 11 is 6.14. The molecule has 1 unspecified atom stereocenters. The molecule has 1 aromatic carbocycles. The maximum atomic E-state index is 13.9. The summed E-state index contributed by atoms with van der Waals surface area (Å²) < 4.78 is 3.43. The number of aromatic nitrogens is 5. The zero-order valence-corrected chi connectivity index (χ0v) is 19.6. The number of aryl methyl sites for hydroxylation is 3. The number of hydrogen-bond acceptors (Lipinski definition) is 5. The van der Waals surface area contributed by atoms with E-state index < -0.39 is 6.04 Å². The molecule has 9 nitrogen and oxygen atoms in total. The van der Waals surface area contributed by atoms with Gasteiger partial charge in [-0.1, -0.05) is 28.9 Å². The number of anilines is 1. The number of halogens is 1. The normalized spacial score (nSPS) is 15.4. The van der Waals surface area contributed by atoms with Gasteiger partial charge in [0.2, 0.25) is 0 Å². The molecule has 4 aromatic rings. The van der Waals surface area contributed by atoms with Crippen LogP contribution in [0, 0.1) is 6.92 Å². The highest BCUT2D eigenvalue weighted by Crippen LogP contribution is 2.43. The van der Waals surface area contributed by atoms with E-state index in [4.69, 9.17) is 16.6 Å². The fourth-order valence-corrected chi connectivity index (χ4v) is 4.53. The summed E-state index contributed by atoms with van der Waals surface area (Å²) in [7, 11) is 6.95. The van der Waals surface area contributed by atoms with E-state index in [-0.39, 0.29) is 11.8 Å². The molecule has 1 aliphatic heterocycles. The van der Waals surface area contributed by atoms with E-state index in [1.54, 1.807) is 49.1 Å². The summed E-state index contributed by atoms with van der Waals surface area (Å²) in [5.41, 5.74) is 4.45. The SMILES string of the molecule is Cc1cc(N2C(=O)c3c(C(=O)N(C)C)cn(C)c3C2c2ccc(Cl)cc2)nc2c1nnn2C. The van der Waals surface area contributed by atoms with Crippen LogP contribution in [-0.2, 0) is 14.1 Å². The average Bonchev–Trinajstić information content (AvgIpc) is 3.41. The molecule has 10 heteroatoms. The van der Waals surface area contributed by atoms with E-state index >= 15 is 0 Å². The van der Waals surface area contributed by atoms with Gasteiger partial charge in [0.1, 0.15) is 17.4 Å². The van der Waals surface area contributed by atoms with Crippen LogP contribution in [0.3, 0.4) is 0 Å². The first-order valence-electron chi connectivity index (χ1n) is 10.4. The number of hydrogen-bond donors (Lipinski definition) is 0. The van der Waals surface area contributed by atoms with Crippen LogP contribution in [0.1, 0.15) is 43.6 Å². The van der Waals surface area contributed by atoms with Gasteiger partial charge in [0.05, 0.1) is 16.8 Å². The molecule has 0 spiro atoms. The van der Waals surface area contributed by atoms with Gasteiger partial charge in [-0.25, -0.2) is 9.67 Å². The molecule has 0 aliphatic carbocycles. The summed E-state index contributed by atoms with van der Waals surface area (Å²) in [4.78, 5) is 34.7. The Morgan fingerprint density at radius 2 is 1.85 bits per heavy atom. The Hall–Kier alpha value is -3.72. The third-order valence-electron chi connectivity index (χ3n) is 5.98. The fraction of sp³-hybridized carbons (Fsp3) is 0.261. The van der Waals surface area contributed by atoms with Gasteiger partial charge in [0.15, 0.2) is 5.65 Å². The lowest BCUT2D eigenvalue weighted by Gasteiger charge is -2.26. The monoisotopic (exact) mass is 463 g/mol. The van der Waals surface area contributed by atoms with Gasteiger partial charge in [-0.2, -0.15) is 0 Å². The third kappa shape index (κ3) is 3.11. The third-order valence-corrected chi connectivity index (χ3v) is 6.24. The van der Waals surface area contributed by atoms with Crippen molar-refractivity contribution in [1.82, 2.24) is 29.4 Å². The van der Waals surface area contributed by atoms with Gasteiger partial charge in [0, 0.05) is 39.4 Å². The van der Waals surface area contributed by atoms with Crippen molar-refractivity contribution in [2.75, 3.05) is 19.0 Å². The molecule has 1 atom stereocenters. The van der Waals surface area contributed by atoms with Crippen LogP contribution in [0.15, 0.2) is 36.5 Å². The summed E-state index contributed by atoms with van der Waals surface area (Å²) in [6, 6.07) is 8.71. The maximum Gasteiger partial charge on any atom is 0.263 e. The maximum absolute atomic E-state index is 13.9. The second kappa shape index (κ2) is 7.41. The van der Waals surface area contributed by atoms with Crippen LogP contribution in [0.4, 0.5) is 5.82 Å². The van der Waals surface area contributed by atoms with Crippen LogP contribution >= 0.6 is 11.6 Å². The van der Waals surface area contributed by atoms with Gasteiger partial charge in [-0.15, -0.1) is 5.10 Å². The highest BCUT2D eigenvalue weighted by molar-refractivity contribution is 6.30. The number of carbonyl (C=O) groups excluding carboxylic acids is 2. The number of fused-ring (bicyclic) bond motifs is 2. The van der Waals surface area contributed by atoms with E-state index in [2.05, 4.69) is 10.3 Å². The predicted octanol–water partition coefficient (Wildman–Crippen LogP) is 3.12. The first-order chi connectivity index (χ1) is 15.7. The van der Waals surface area contributed by atoms with Crippen LogP contribution in [0.25, 0.3) is 11.2 Å². The van der Waals surface area contributed by atoms with E-state index in [1.165, 1.54) is 4.90 Å². The average molecular weight is 464 g/mol. The molecule has 5 rings (SSSR count). The first-order valence-corrected chi connectivity index (χ1v) is 10.7. The van der Waals surface area contributed by atoms with Crippen LogP contribution < -0.4 is 4.90 Å². The highest BCUT2D eigenvalue weighted by atomic mass is 35.5. The molecule has 0 bridgehead atoms. The Morgan fingerprint density at radius 3 is 2.52 bits per heavy atom. The molecule has 1 aliphatic rings. The van der Waals surface area contributed by atoms with Gasteiger partial charge in [0.25, 0.3) is 11.8 Å². The Labute approximate surface area is 195 Å². The number of benzene rings is 1. The summed E-state index contributed by atoms with van der Waals surface area (Å²) in [6.45, 7) is 1.91. The van der Waals surface area contributed by atoms with Crippen LogP contribution in [-0.4, -0.2) is 55.4 Å². The topological polar surface area (TPSA) is 89.2 Å². The highest BCUT2D eigenvalue weighted by Gasteiger charge is 2.45. The predicted molar refractivity (Wildman–Crippen MR) is 125 cm³/mol. The molecule has 0 saturated carbocycles. The molecule has 0 N–H and O–H groups in total. The molecular formula is C23H22ClN7O2. The van der Waals surface area contributed by atoms with Gasteiger partial charge in [-0.3, -0.25) is 14.5 Å². The second-order valence-electron chi connectivity index (χ2n) is 8.43. The van der Waals surface area contributed by atoms with Crippen molar-refractivity contribution in [2.45, 2.75) is 13.0 Å². The largest absolute Gasteiger partial charge is 0.351 e. The minimum absolute atomic E-state index is 0.229. The summed E-state index contributed by atoms with van der Waals surface area (Å²) in [5.74, 6) is -0.0423. The van der Waals surface area contributed by atoms with Crippen molar-refractivity contribution in [3.63, 3.8) is 0 Å². The van der Waals surface area contributed by atoms with Crippen molar-refractivity contribution < 1.29 is 9.59 Å². The second-order valence-corrected chi connectivity index (χ2v) is 8.86. The van der Waals surface area contributed by atoms with E-state index in [9.17, 15) is 9.59 Å². The minimum atomic E-state index is -0.482. The van der Waals surface area contributed by atoms with Crippen LogP contribution in [0.5, 0.6) is 0 Å². The lowest BCUT2D eigenvalue weighted by atomic mass is 10.0.